The van der Waals surface area contributed by atoms with Gasteiger partial charge in [0.2, 0.25) is 5.82 Å². The zero-order valence-electron chi connectivity index (χ0n) is 16.1. The van der Waals surface area contributed by atoms with Gasteiger partial charge >= 0.3 is 0 Å². The summed E-state index contributed by atoms with van der Waals surface area (Å²) < 4.78 is 7.91. The summed E-state index contributed by atoms with van der Waals surface area (Å²) >= 11 is 0. The molecule has 1 aliphatic heterocycles. The molecule has 3 aromatic carbocycles. The number of fused-ring (bicyclic) bond motifs is 2. The van der Waals surface area contributed by atoms with Crippen molar-refractivity contribution < 1.29 is 4.74 Å². The largest absolute Gasteiger partial charge is 0.454 e. The Kier molecular flexibility index (Phi) is 4.17. The molecule has 0 N–H and O–H groups in total. The van der Waals surface area contributed by atoms with E-state index in [1.54, 1.807) is 4.68 Å². The second-order valence-corrected chi connectivity index (χ2v) is 7.15. The average Bonchev–Trinajstić information content (AvgIpc) is 3.16. The van der Waals surface area contributed by atoms with Gasteiger partial charge in [-0.1, -0.05) is 56.3 Å². The summed E-state index contributed by atoms with van der Waals surface area (Å²) in [6.45, 7) is 4.32. The SMILES string of the molecule is CC(C)c1ccccc1-n1nnnc1C1=Nc2ccccc2Oc2ccccc21. The molecule has 0 fully saturated rings. The van der Waals surface area contributed by atoms with Gasteiger partial charge in [0.05, 0.1) is 5.69 Å². The van der Waals surface area contributed by atoms with Crippen LogP contribution in [0.3, 0.4) is 0 Å². The summed E-state index contributed by atoms with van der Waals surface area (Å²) in [6.07, 6.45) is 0. The minimum absolute atomic E-state index is 0.329. The Bertz CT molecular complexity index is 1230. The molecule has 0 amide bonds. The van der Waals surface area contributed by atoms with E-state index in [-0.39, 0.29) is 0 Å². The number of nitrogens with zero attached hydrogens (tertiary/aromatic N) is 5. The maximum atomic E-state index is 6.15. The van der Waals surface area contributed by atoms with Crippen LogP contribution in [0.15, 0.2) is 77.8 Å². The van der Waals surface area contributed by atoms with Crippen molar-refractivity contribution in [1.29, 1.82) is 0 Å². The first-order valence-electron chi connectivity index (χ1n) is 9.55. The van der Waals surface area contributed by atoms with Gasteiger partial charge in [-0.25, -0.2) is 4.99 Å². The Balaban J connectivity index is 1.76. The molecule has 0 saturated heterocycles. The van der Waals surface area contributed by atoms with Crippen LogP contribution in [0, 0.1) is 0 Å². The van der Waals surface area contributed by atoms with Gasteiger partial charge in [0, 0.05) is 5.56 Å². The van der Waals surface area contributed by atoms with Gasteiger partial charge in [0.25, 0.3) is 0 Å². The zero-order chi connectivity index (χ0) is 19.8. The van der Waals surface area contributed by atoms with Gasteiger partial charge < -0.3 is 4.74 Å². The highest BCUT2D eigenvalue weighted by Gasteiger charge is 2.25. The molecule has 6 nitrogen and oxygen atoms in total. The highest BCUT2D eigenvalue weighted by Crippen LogP contribution is 2.38. The summed E-state index contributed by atoms with van der Waals surface area (Å²) in [4.78, 5) is 4.91. The van der Waals surface area contributed by atoms with Crippen molar-refractivity contribution in [1.82, 2.24) is 20.2 Å². The lowest BCUT2D eigenvalue weighted by molar-refractivity contribution is 0.485. The maximum absolute atomic E-state index is 6.15. The van der Waals surface area contributed by atoms with Crippen LogP contribution in [0.2, 0.25) is 0 Å². The third-order valence-corrected chi connectivity index (χ3v) is 4.93. The van der Waals surface area contributed by atoms with Gasteiger partial charge in [0.15, 0.2) is 5.75 Å². The van der Waals surface area contributed by atoms with E-state index >= 15 is 0 Å². The highest BCUT2D eigenvalue weighted by molar-refractivity contribution is 6.14. The Morgan fingerprint density at radius 3 is 2.41 bits per heavy atom. The van der Waals surface area contributed by atoms with Crippen molar-refractivity contribution in [2.75, 3.05) is 0 Å². The molecule has 5 rings (SSSR count). The number of aromatic nitrogens is 4. The van der Waals surface area contributed by atoms with Crippen LogP contribution in [0.1, 0.15) is 36.7 Å². The van der Waals surface area contributed by atoms with E-state index in [4.69, 9.17) is 9.73 Å². The highest BCUT2D eigenvalue weighted by atomic mass is 16.5. The van der Waals surface area contributed by atoms with Gasteiger partial charge in [-0.15, -0.1) is 5.10 Å². The van der Waals surface area contributed by atoms with E-state index in [0.717, 1.165) is 22.7 Å². The number of tetrazole rings is 1. The molecule has 29 heavy (non-hydrogen) atoms. The molecule has 2 heterocycles. The van der Waals surface area contributed by atoms with Crippen LogP contribution < -0.4 is 4.74 Å². The van der Waals surface area contributed by atoms with E-state index in [0.29, 0.717) is 23.2 Å². The molecular formula is C23H19N5O. The molecule has 0 unspecified atom stereocenters. The van der Waals surface area contributed by atoms with Crippen molar-refractivity contribution in [3.63, 3.8) is 0 Å². The lowest BCUT2D eigenvalue weighted by Gasteiger charge is -2.14. The van der Waals surface area contributed by atoms with Crippen molar-refractivity contribution >= 4 is 11.4 Å². The smallest absolute Gasteiger partial charge is 0.206 e. The quantitative estimate of drug-likeness (QED) is 0.438. The Labute approximate surface area is 168 Å². The Morgan fingerprint density at radius 2 is 1.55 bits per heavy atom. The molecule has 0 saturated carbocycles. The second-order valence-electron chi connectivity index (χ2n) is 7.15. The second kappa shape index (κ2) is 6.98. The van der Waals surface area contributed by atoms with E-state index in [1.165, 1.54) is 5.56 Å². The number of hydrogen-bond acceptors (Lipinski definition) is 5. The summed E-state index contributed by atoms with van der Waals surface area (Å²) in [5, 5.41) is 12.6. The first-order valence-corrected chi connectivity index (χ1v) is 9.55. The summed E-state index contributed by atoms with van der Waals surface area (Å²) in [5.74, 6) is 2.33. The molecule has 1 aromatic heterocycles. The van der Waals surface area contributed by atoms with Gasteiger partial charge in [0.1, 0.15) is 17.1 Å². The molecule has 0 radical (unpaired) electrons. The van der Waals surface area contributed by atoms with E-state index < -0.39 is 0 Å². The third-order valence-electron chi connectivity index (χ3n) is 4.93. The molecule has 6 heteroatoms. The zero-order valence-corrected chi connectivity index (χ0v) is 16.1. The van der Waals surface area contributed by atoms with Gasteiger partial charge in [-0.05, 0) is 52.2 Å². The fourth-order valence-corrected chi connectivity index (χ4v) is 3.52. The van der Waals surface area contributed by atoms with Crippen LogP contribution in [0.5, 0.6) is 11.5 Å². The Morgan fingerprint density at radius 1 is 0.828 bits per heavy atom. The number of ether oxygens (including phenoxy) is 1. The number of para-hydroxylation sites is 4. The van der Waals surface area contributed by atoms with Crippen molar-refractivity contribution in [3.05, 3.63) is 89.7 Å². The molecule has 1 aliphatic rings. The van der Waals surface area contributed by atoms with Crippen LogP contribution in [-0.4, -0.2) is 25.9 Å². The standard InChI is InChI=1S/C23H19N5O/c1-15(2)16-9-3-6-12-19(16)28-23(25-26-27-28)22-17-10-4-7-13-20(17)29-21-14-8-5-11-18(21)24-22/h3-15H,1-2H3. The van der Waals surface area contributed by atoms with E-state index in [2.05, 4.69) is 35.4 Å². The third kappa shape index (κ3) is 2.99. The monoisotopic (exact) mass is 381 g/mol. The first-order chi connectivity index (χ1) is 14.2. The van der Waals surface area contributed by atoms with Gasteiger partial charge in [-0.2, -0.15) is 4.68 Å². The van der Waals surface area contributed by atoms with Gasteiger partial charge in [-0.3, -0.25) is 0 Å². The fraction of sp³-hybridized carbons (Fsp3) is 0.130. The van der Waals surface area contributed by atoms with Crippen molar-refractivity contribution in [2.24, 2.45) is 4.99 Å². The average molecular weight is 381 g/mol. The molecule has 0 atom stereocenters. The van der Waals surface area contributed by atoms with Crippen LogP contribution >= 0.6 is 0 Å². The van der Waals surface area contributed by atoms with Crippen LogP contribution in [0.25, 0.3) is 5.69 Å². The molecule has 0 aliphatic carbocycles. The topological polar surface area (TPSA) is 65.2 Å². The molecule has 4 aromatic rings. The number of rotatable bonds is 3. The normalized spacial score (nSPS) is 12.6. The lowest BCUT2D eigenvalue weighted by atomic mass is 10.0. The van der Waals surface area contributed by atoms with Crippen molar-refractivity contribution in [2.45, 2.75) is 19.8 Å². The van der Waals surface area contributed by atoms with Crippen LogP contribution in [0.4, 0.5) is 5.69 Å². The molecule has 0 spiro atoms. The molecule has 0 bridgehead atoms. The summed E-state index contributed by atoms with van der Waals surface area (Å²) in [5.41, 5.74) is 4.38. The minimum atomic E-state index is 0.329. The predicted octanol–water partition coefficient (Wildman–Crippen LogP) is 5.06. The summed E-state index contributed by atoms with van der Waals surface area (Å²) in [7, 11) is 0. The van der Waals surface area contributed by atoms with E-state index in [9.17, 15) is 0 Å². The first kappa shape index (κ1) is 17.3. The Hall–Kier alpha value is -3.80. The lowest BCUT2D eigenvalue weighted by Crippen LogP contribution is -2.14. The van der Waals surface area contributed by atoms with E-state index in [1.807, 2.05) is 66.7 Å². The van der Waals surface area contributed by atoms with Crippen LogP contribution in [-0.2, 0) is 0 Å². The predicted molar refractivity (Wildman–Crippen MR) is 112 cm³/mol. The molecular weight excluding hydrogens is 362 g/mol. The fourth-order valence-electron chi connectivity index (χ4n) is 3.52. The number of benzene rings is 3. The maximum Gasteiger partial charge on any atom is 0.206 e. The molecule has 142 valence electrons. The number of hydrogen-bond donors (Lipinski definition) is 0. The summed E-state index contributed by atoms with van der Waals surface area (Å²) in [6, 6.07) is 23.7. The minimum Gasteiger partial charge on any atom is -0.454 e. The van der Waals surface area contributed by atoms with Crippen molar-refractivity contribution in [3.8, 4) is 17.2 Å². The number of aliphatic imine (C=N–C) groups is 1.